The number of rotatable bonds is 10. The van der Waals surface area contributed by atoms with Crippen LogP contribution in [0.2, 0.25) is 5.02 Å². The second kappa shape index (κ2) is 10.5. The number of benzene rings is 1. The molecular formula is C21H24ClN3O3S. The van der Waals surface area contributed by atoms with Gasteiger partial charge in [-0.3, -0.25) is 14.2 Å². The lowest BCUT2D eigenvalue weighted by Gasteiger charge is -2.12. The average molecular weight is 434 g/mol. The van der Waals surface area contributed by atoms with Gasteiger partial charge in [0.05, 0.1) is 29.5 Å². The van der Waals surface area contributed by atoms with Gasteiger partial charge in [0.25, 0.3) is 5.56 Å². The number of aromatic nitrogens is 2. The van der Waals surface area contributed by atoms with E-state index in [-0.39, 0.29) is 23.8 Å². The molecule has 0 spiro atoms. The van der Waals surface area contributed by atoms with Gasteiger partial charge in [-0.25, -0.2) is 4.98 Å². The van der Waals surface area contributed by atoms with E-state index in [0.717, 1.165) is 19.3 Å². The molecule has 6 nitrogen and oxygen atoms in total. The second-order valence-electron chi connectivity index (χ2n) is 6.73. The van der Waals surface area contributed by atoms with Crippen LogP contribution in [0.3, 0.4) is 0 Å². The number of hydrogen-bond acceptors (Lipinski definition) is 5. The molecule has 0 fully saturated rings. The molecular weight excluding hydrogens is 410 g/mol. The van der Waals surface area contributed by atoms with Gasteiger partial charge in [0.15, 0.2) is 5.16 Å². The highest BCUT2D eigenvalue weighted by Gasteiger charge is 2.15. The zero-order valence-corrected chi connectivity index (χ0v) is 17.9. The number of nitrogens with one attached hydrogen (secondary N) is 1. The van der Waals surface area contributed by atoms with Gasteiger partial charge in [-0.1, -0.05) is 49.5 Å². The minimum absolute atomic E-state index is 0.0727. The maximum Gasteiger partial charge on any atom is 0.262 e. The Hall–Kier alpha value is -2.25. The molecule has 1 N–H and O–H groups in total. The number of halogens is 1. The van der Waals surface area contributed by atoms with Gasteiger partial charge < -0.3 is 9.73 Å². The predicted octanol–water partition coefficient (Wildman–Crippen LogP) is 4.48. The first-order valence-electron chi connectivity index (χ1n) is 9.70. The molecule has 0 atom stereocenters. The molecule has 0 bridgehead atoms. The molecule has 2 heterocycles. The van der Waals surface area contributed by atoms with E-state index < -0.39 is 0 Å². The number of thioether (sulfide) groups is 1. The van der Waals surface area contributed by atoms with Crippen molar-refractivity contribution < 1.29 is 9.21 Å². The quantitative estimate of drug-likeness (QED) is 0.290. The zero-order valence-electron chi connectivity index (χ0n) is 16.3. The Balaban J connectivity index is 1.77. The molecule has 0 radical (unpaired) electrons. The van der Waals surface area contributed by atoms with Crippen molar-refractivity contribution in [2.45, 2.75) is 44.3 Å². The van der Waals surface area contributed by atoms with E-state index >= 15 is 0 Å². The molecule has 2 aromatic heterocycles. The van der Waals surface area contributed by atoms with Crippen LogP contribution < -0.4 is 10.9 Å². The fourth-order valence-corrected chi connectivity index (χ4v) is 3.94. The van der Waals surface area contributed by atoms with Crippen LogP contribution in [0.15, 0.2) is 51.0 Å². The molecule has 0 saturated carbocycles. The summed E-state index contributed by atoms with van der Waals surface area (Å²) in [6, 6.07) is 8.57. The Bertz CT molecular complexity index is 1020. The minimum atomic E-state index is -0.189. The van der Waals surface area contributed by atoms with Gasteiger partial charge in [-0.05, 0) is 36.8 Å². The Morgan fingerprint density at radius 1 is 1.28 bits per heavy atom. The summed E-state index contributed by atoms with van der Waals surface area (Å²) < 4.78 is 6.93. The summed E-state index contributed by atoms with van der Waals surface area (Å²) in [6.45, 7) is 3.07. The smallest absolute Gasteiger partial charge is 0.262 e. The van der Waals surface area contributed by atoms with Crippen LogP contribution in [0.1, 0.15) is 38.4 Å². The highest BCUT2D eigenvalue weighted by atomic mass is 35.5. The van der Waals surface area contributed by atoms with Crippen molar-refractivity contribution in [3.05, 3.63) is 57.7 Å². The molecule has 29 heavy (non-hydrogen) atoms. The van der Waals surface area contributed by atoms with Crippen LogP contribution in [0.25, 0.3) is 10.9 Å². The normalized spacial score (nSPS) is 11.1. The minimum Gasteiger partial charge on any atom is -0.467 e. The summed E-state index contributed by atoms with van der Waals surface area (Å²) in [6.07, 6.45) is 5.98. The van der Waals surface area contributed by atoms with Crippen LogP contribution in [0.5, 0.6) is 0 Å². The van der Waals surface area contributed by atoms with E-state index in [4.69, 9.17) is 16.0 Å². The number of hydrogen-bond donors (Lipinski definition) is 1. The van der Waals surface area contributed by atoms with Crippen LogP contribution >= 0.6 is 23.4 Å². The van der Waals surface area contributed by atoms with Crippen molar-refractivity contribution >= 4 is 40.2 Å². The van der Waals surface area contributed by atoms with Crippen LogP contribution in [0.4, 0.5) is 0 Å². The second-order valence-corrected chi connectivity index (χ2v) is 8.10. The standard InChI is InChI=1S/C21H24ClN3O3S/c1-2-3-4-5-10-23-19(26)14-29-21-24-18-12-15(22)8-9-17(18)20(27)25(21)13-16-7-6-11-28-16/h6-9,11-12H,2-5,10,13-14H2,1H3,(H,23,26). The van der Waals surface area contributed by atoms with Gasteiger partial charge in [0, 0.05) is 11.6 Å². The number of fused-ring (bicyclic) bond motifs is 1. The maximum absolute atomic E-state index is 13.0. The van der Waals surface area contributed by atoms with Gasteiger partial charge in [-0.2, -0.15) is 0 Å². The molecule has 0 saturated heterocycles. The van der Waals surface area contributed by atoms with Gasteiger partial charge in [0.2, 0.25) is 5.91 Å². The molecule has 0 aliphatic rings. The van der Waals surface area contributed by atoms with Crippen molar-refractivity contribution in [2.75, 3.05) is 12.3 Å². The van der Waals surface area contributed by atoms with E-state index in [2.05, 4.69) is 17.2 Å². The van der Waals surface area contributed by atoms with Gasteiger partial charge in [-0.15, -0.1) is 0 Å². The third-order valence-corrected chi connectivity index (χ3v) is 5.67. The van der Waals surface area contributed by atoms with Crippen molar-refractivity contribution in [3.8, 4) is 0 Å². The molecule has 154 valence electrons. The Kier molecular flexibility index (Phi) is 7.77. The summed E-state index contributed by atoms with van der Waals surface area (Å²) >= 11 is 7.30. The van der Waals surface area contributed by atoms with Crippen molar-refractivity contribution in [1.29, 1.82) is 0 Å². The molecule has 8 heteroatoms. The first-order valence-corrected chi connectivity index (χ1v) is 11.1. The largest absolute Gasteiger partial charge is 0.467 e. The van der Waals surface area contributed by atoms with Crippen molar-refractivity contribution in [3.63, 3.8) is 0 Å². The lowest BCUT2D eigenvalue weighted by molar-refractivity contribution is -0.118. The lowest BCUT2D eigenvalue weighted by Crippen LogP contribution is -2.28. The molecule has 0 aliphatic heterocycles. The number of unbranched alkanes of at least 4 members (excludes halogenated alkanes) is 3. The van der Waals surface area contributed by atoms with E-state index in [1.807, 2.05) is 0 Å². The number of nitrogens with zero attached hydrogens (tertiary/aromatic N) is 2. The molecule has 0 unspecified atom stereocenters. The Labute approximate surface area is 178 Å². The van der Waals surface area contributed by atoms with E-state index in [1.54, 1.807) is 36.6 Å². The van der Waals surface area contributed by atoms with Crippen LogP contribution in [-0.2, 0) is 11.3 Å². The summed E-state index contributed by atoms with van der Waals surface area (Å²) in [7, 11) is 0. The Morgan fingerprint density at radius 3 is 2.90 bits per heavy atom. The molecule has 3 rings (SSSR count). The number of carbonyl (C=O) groups excluding carboxylic acids is 1. The summed E-state index contributed by atoms with van der Waals surface area (Å²) in [5.74, 6) is 0.755. The molecule has 1 amide bonds. The van der Waals surface area contributed by atoms with Gasteiger partial charge in [0.1, 0.15) is 5.76 Å². The lowest BCUT2D eigenvalue weighted by atomic mass is 10.2. The SMILES string of the molecule is CCCCCCNC(=O)CSc1nc2cc(Cl)ccc2c(=O)n1Cc1ccco1. The molecule has 0 aliphatic carbocycles. The first-order chi connectivity index (χ1) is 14.1. The summed E-state index contributed by atoms with van der Waals surface area (Å²) in [5.41, 5.74) is 0.325. The van der Waals surface area contributed by atoms with Crippen molar-refractivity contribution in [2.24, 2.45) is 0 Å². The molecule has 3 aromatic rings. The third-order valence-electron chi connectivity index (χ3n) is 4.46. The summed E-state index contributed by atoms with van der Waals surface area (Å²) in [4.78, 5) is 29.8. The average Bonchev–Trinajstić information content (AvgIpc) is 3.21. The fourth-order valence-electron chi connectivity index (χ4n) is 2.94. The fraction of sp³-hybridized carbons (Fsp3) is 0.381. The van der Waals surface area contributed by atoms with Crippen LogP contribution in [-0.4, -0.2) is 27.8 Å². The monoisotopic (exact) mass is 433 g/mol. The van der Waals surface area contributed by atoms with E-state index in [9.17, 15) is 9.59 Å². The number of furan rings is 1. The Morgan fingerprint density at radius 2 is 2.14 bits per heavy atom. The number of carbonyl (C=O) groups is 1. The van der Waals surface area contributed by atoms with Crippen molar-refractivity contribution in [1.82, 2.24) is 14.9 Å². The van der Waals surface area contributed by atoms with E-state index in [0.29, 0.717) is 33.4 Å². The van der Waals surface area contributed by atoms with Gasteiger partial charge >= 0.3 is 0 Å². The van der Waals surface area contributed by atoms with Crippen LogP contribution in [0, 0.1) is 0 Å². The molecule has 1 aromatic carbocycles. The topological polar surface area (TPSA) is 77.1 Å². The number of amides is 1. The highest BCUT2D eigenvalue weighted by Crippen LogP contribution is 2.21. The third kappa shape index (κ3) is 5.87. The first kappa shape index (κ1) is 21.5. The maximum atomic E-state index is 13.0. The highest BCUT2D eigenvalue weighted by molar-refractivity contribution is 7.99. The van der Waals surface area contributed by atoms with E-state index in [1.165, 1.54) is 22.7 Å². The zero-order chi connectivity index (χ0) is 20.6. The predicted molar refractivity (Wildman–Crippen MR) is 117 cm³/mol. The summed E-state index contributed by atoms with van der Waals surface area (Å²) in [5, 5.41) is 4.37.